The maximum atomic E-state index is 12.4. The first-order valence-corrected chi connectivity index (χ1v) is 9.29. The predicted molar refractivity (Wildman–Crippen MR) is 99.8 cm³/mol. The molecule has 1 fully saturated rings. The molecular weight excluding hydrogens is 332 g/mol. The van der Waals surface area contributed by atoms with Gasteiger partial charge in [0, 0.05) is 31.6 Å². The number of nitrogens with zero attached hydrogens (tertiary/aromatic N) is 1. The van der Waals surface area contributed by atoms with Crippen molar-refractivity contribution in [1.29, 1.82) is 0 Å². The van der Waals surface area contributed by atoms with Crippen LogP contribution in [0.3, 0.4) is 0 Å². The van der Waals surface area contributed by atoms with E-state index in [2.05, 4.69) is 17.0 Å². The van der Waals surface area contributed by atoms with E-state index in [-0.39, 0.29) is 30.1 Å². The van der Waals surface area contributed by atoms with Crippen LogP contribution in [0, 0.1) is 5.92 Å². The number of anilines is 1. The summed E-state index contributed by atoms with van der Waals surface area (Å²) in [6.45, 7) is 3.06. The molecule has 142 valence electrons. The van der Waals surface area contributed by atoms with E-state index < -0.39 is 0 Å². The Hall–Kier alpha value is -2.37. The summed E-state index contributed by atoms with van der Waals surface area (Å²) in [6, 6.07) is 7.85. The van der Waals surface area contributed by atoms with Crippen LogP contribution >= 0.6 is 0 Å². The molecule has 1 heterocycles. The average molecular weight is 360 g/mol. The molecule has 0 saturated carbocycles. The van der Waals surface area contributed by atoms with Crippen LogP contribution in [0.25, 0.3) is 0 Å². The van der Waals surface area contributed by atoms with Crippen molar-refractivity contribution in [2.24, 2.45) is 5.92 Å². The van der Waals surface area contributed by atoms with Crippen LogP contribution < -0.4 is 10.2 Å². The Kier molecular flexibility index (Phi) is 7.63. The van der Waals surface area contributed by atoms with E-state index in [0.29, 0.717) is 19.5 Å². The maximum absolute atomic E-state index is 12.4. The second kappa shape index (κ2) is 9.94. The molecule has 0 radical (unpaired) electrons. The molecule has 1 atom stereocenters. The molecule has 26 heavy (non-hydrogen) atoms. The monoisotopic (exact) mass is 360 g/mol. The molecule has 1 aliphatic rings. The van der Waals surface area contributed by atoms with E-state index in [4.69, 9.17) is 0 Å². The molecule has 1 aliphatic heterocycles. The Balaban J connectivity index is 1.77. The number of ether oxygens (including phenoxy) is 1. The van der Waals surface area contributed by atoms with Crippen molar-refractivity contribution in [3.05, 3.63) is 29.8 Å². The van der Waals surface area contributed by atoms with Crippen molar-refractivity contribution in [1.82, 2.24) is 5.32 Å². The predicted octanol–water partition coefficient (Wildman–Crippen LogP) is 2.45. The van der Waals surface area contributed by atoms with E-state index in [9.17, 15) is 14.4 Å². The van der Waals surface area contributed by atoms with E-state index in [1.807, 2.05) is 24.3 Å². The second-order valence-electron chi connectivity index (χ2n) is 6.57. The highest BCUT2D eigenvalue weighted by atomic mass is 16.5. The number of para-hydroxylation sites is 1. The second-order valence-corrected chi connectivity index (χ2v) is 6.57. The third-order valence-electron chi connectivity index (χ3n) is 4.74. The van der Waals surface area contributed by atoms with Gasteiger partial charge in [0.1, 0.15) is 0 Å². The molecule has 1 aromatic rings. The van der Waals surface area contributed by atoms with Gasteiger partial charge in [-0.3, -0.25) is 14.4 Å². The van der Waals surface area contributed by atoms with Crippen molar-refractivity contribution >= 4 is 23.5 Å². The van der Waals surface area contributed by atoms with Gasteiger partial charge >= 0.3 is 5.97 Å². The Morgan fingerprint density at radius 2 is 2.00 bits per heavy atom. The molecular formula is C20H28N2O4. The number of hydrogen-bond acceptors (Lipinski definition) is 4. The summed E-state index contributed by atoms with van der Waals surface area (Å²) in [4.78, 5) is 37.5. The van der Waals surface area contributed by atoms with Crippen molar-refractivity contribution in [2.75, 3.05) is 25.1 Å². The van der Waals surface area contributed by atoms with Crippen LogP contribution in [-0.2, 0) is 25.5 Å². The molecule has 1 aromatic carbocycles. The maximum Gasteiger partial charge on any atom is 0.305 e. The minimum absolute atomic E-state index is 0.00382. The first-order valence-electron chi connectivity index (χ1n) is 9.29. The van der Waals surface area contributed by atoms with Crippen LogP contribution in [0.1, 0.15) is 44.6 Å². The molecule has 1 unspecified atom stereocenters. The largest absolute Gasteiger partial charge is 0.469 e. The molecule has 2 amide bonds. The number of nitrogens with one attached hydrogen (secondary N) is 1. The van der Waals surface area contributed by atoms with Gasteiger partial charge in [-0.15, -0.1) is 0 Å². The van der Waals surface area contributed by atoms with Gasteiger partial charge in [0.05, 0.1) is 13.0 Å². The minimum atomic E-state index is -0.303. The smallest absolute Gasteiger partial charge is 0.305 e. The summed E-state index contributed by atoms with van der Waals surface area (Å²) >= 11 is 0. The van der Waals surface area contributed by atoms with Gasteiger partial charge in [0.15, 0.2) is 0 Å². The van der Waals surface area contributed by atoms with Gasteiger partial charge in [-0.25, -0.2) is 0 Å². The number of rotatable bonds is 9. The Morgan fingerprint density at radius 3 is 2.73 bits per heavy atom. The first-order chi connectivity index (χ1) is 12.6. The van der Waals surface area contributed by atoms with Crippen molar-refractivity contribution in [2.45, 2.75) is 45.4 Å². The summed E-state index contributed by atoms with van der Waals surface area (Å²) in [5.74, 6) is -0.569. The third-order valence-corrected chi connectivity index (χ3v) is 4.74. The molecule has 1 N–H and O–H groups in total. The number of hydrogen-bond donors (Lipinski definition) is 1. The van der Waals surface area contributed by atoms with Crippen LogP contribution in [0.15, 0.2) is 24.3 Å². The molecule has 2 rings (SSSR count). The quantitative estimate of drug-likeness (QED) is 0.542. The number of aryl methyl sites for hydroxylation is 1. The molecule has 6 heteroatoms. The fourth-order valence-corrected chi connectivity index (χ4v) is 3.22. The topological polar surface area (TPSA) is 75.7 Å². The number of esters is 1. The van der Waals surface area contributed by atoms with E-state index in [1.165, 1.54) is 7.11 Å². The summed E-state index contributed by atoms with van der Waals surface area (Å²) in [5.41, 5.74) is 2.03. The Morgan fingerprint density at radius 1 is 1.23 bits per heavy atom. The van der Waals surface area contributed by atoms with Gasteiger partial charge in [-0.05, 0) is 30.9 Å². The zero-order chi connectivity index (χ0) is 18.9. The highest BCUT2D eigenvalue weighted by Crippen LogP contribution is 2.28. The lowest BCUT2D eigenvalue weighted by atomic mass is 10.1. The fourth-order valence-electron chi connectivity index (χ4n) is 3.22. The zero-order valence-electron chi connectivity index (χ0n) is 15.6. The Bertz CT molecular complexity index is 644. The summed E-state index contributed by atoms with van der Waals surface area (Å²) < 4.78 is 4.59. The highest BCUT2D eigenvalue weighted by molar-refractivity contribution is 6.00. The molecule has 6 nitrogen and oxygen atoms in total. The molecule has 0 bridgehead atoms. The molecule has 0 spiro atoms. The van der Waals surface area contributed by atoms with E-state index in [0.717, 1.165) is 36.9 Å². The number of amides is 2. The highest BCUT2D eigenvalue weighted by Gasteiger charge is 2.35. The molecule has 0 aliphatic carbocycles. The number of unbranched alkanes of at least 4 members (excludes halogenated alkanes) is 2. The molecule has 1 saturated heterocycles. The number of carbonyl (C=O) groups excluding carboxylic acids is 3. The SMILES string of the molecule is CCc1ccccc1N1CC(C(=O)NCCCCCC(=O)OC)CC1=O. The van der Waals surface area contributed by atoms with Crippen molar-refractivity contribution in [3.63, 3.8) is 0 Å². The van der Waals surface area contributed by atoms with Crippen molar-refractivity contribution in [3.8, 4) is 0 Å². The summed E-state index contributed by atoms with van der Waals surface area (Å²) in [7, 11) is 1.38. The first kappa shape index (κ1) is 19.9. The van der Waals surface area contributed by atoms with E-state index >= 15 is 0 Å². The lowest BCUT2D eigenvalue weighted by Crippen LogP contribution is -2.33. The molecule has 0 aromatic heterocycles. The summed E-state index contributed by atoms with van der Waals surface area (Å²) in [6.07, 6.45) is 3.94. The van der Waals surface area contributed by atoms with Crippen molar-refractivity contribution < 1.29 is 19.1 Å². The van der Waals surface area contributed by atoms with Crippen LogP contribution in [0.5, 0.6) is 0 Å². The average Bonchev–Trinajstić information content (AvgIpc) is 3.05. The lowest BCUT2D eigenvalue weighted by molar-refractivity contribution is -0.140. The fraction of sp³-hybridized carbons (Fsp3) is 0.550. The number of carbonyl (C=O) groups is 3. The van der Waals surface area contributed by atoms with Gasteiger partial charge in [0.25, 0.3) is 0 Å². The van der Waals surface area contributed by atoms with Crippen LogP contribution in [0.4, 0.5) is 5.69 Å². The van der Waals surface area contributed by atoms with E-state index in [1.54, 1.807) is 4.90 Å². The number of benzene rings is 1. The third kappa shape index (κ3) is 5.31. The minimum Gasteiger partial charge on any atom is -0.469 e. The van der Waals surface area contributed by atoms with Gasteiger partial charge in [-0.2, -0.15) is 0 Å². The zero-order valence-corrected chi connectivity index (χ0v) is 15.6. The van der Waals surface area contributed by atoms with Crippen LogP contribution in [-0.4, -0.2) is 38.0 Å². The van der Waals surface area contributed by atoms with Gasteiger partial charge in [-0.1, -0.05) is 31.5 Å². The standard InChI is InChI=1S/C20H28N2O4/c1-3-15-9-6-7-10-17(15)22-14-16(13-18(22)23)20(25)21-12-8-4-5-11-19(24)26-2/h6-7,9-10,16H,3-5,8,11-14H2,1-2H3,(H,21,25). The lowest BCUT2D eigenvalue weighted by Gasteiger charge is -2.20. The number of methoxy groups -OCH3 is 1. The van der Waals surface area contributed by atoms with Gasteiger partial charge < -0.3 is 15.0 Å². The Labute approximate surface area is 154 Å². The summed E-state index contributed by atoms with van der Waals surface area (Å²) in [5, 5.41) is 2.91. The van der Waals surface area contributed by atoms with Crippen LogP contribution in [0.2, 0.25) is 0 Å². The normalized spacial score (nSPS) is 16.6. The van der Waals surface area contributed by atoms with Gasteiger partial charge in [0.2, 0.25) is 11.8 Å².